The van der Waals surface area contributed by atoms with Crippen molar-refractivity contribution in [2.45, 2.75) is 19.6 Å². The van der Waals surface area contributed by atoms with Crippen molar-refractivity contribution in [1.29, 1.82) is 0 Å². The smallest absolute Gasteiger partial charge is 0.323 e. The predicted octanol–water partition coefficient (Wildman–Crippen LogP) is -0.197. The maximum atomic E-state index is 12.7. The zero-order valence-corrected chi connectivity index (χ0v) is 15.7. The monoisotopic (exact) mass is 389 g/mol. The Balaban J connectivity index is 1.57. The number of carbonyl (C=O) groups is 4. The van der Waals surface area contributed by atoms with Gasteiger partial charge in [-0.2, -0.15) is 0 Å². The largest absolute Gasteiger partial charge is 0.480 e. The number of fused-ring (bicyclic) bond motifs is 1. The molecular weight excluding hydrogens is 366 g/mol. The van der Waals surface area contributed by atoms with Crippen LogP contribution >= 0.6 is 0 Å². The van der Waals surface area contributed by atoms with Gasteiger partial charge in [-0.1, -0.05) is 18.2 Å². The number of rotatable bonds is 6. The SMILES string of the molecule is CC(=O)N(CC(=O)O)CC1CN(C(=O)CN2Cc3ccccc3C2=O)CCO1. The normalized spacial score (nSPS) is 18.8. The van der Waals surface area contributed by atoms with Gasteiger partial charge in [0, 0.05) is 38.7 Å². The molecule has 3 amide bonds. The van der Waals surface area contributed by atoms with Crippen molar-refractivity contribution in [3.8, 4) is 0 Å². The van der Waals surface area contributed by atoms with E-state index in [9.17, 15) is 19.2 Å². The first-order valence-corrected chi connectivity index (χ1v) is 9.09. The Morgan fingerprint density at radius 1 is 1.29 bits per heavy atom. The predicted molar refractivity (Wildman–Crippen MR) is 97.4 cm³/mol. The van der Waals surface area contributed by atoms with E-state index in [2.05, 4.69) is 0 Å². The van der Waals surface area contributed by atoms with Gasteiger partial charge < -0.3 is 24.5 Å². The maximum absolute atomic E-state index is 12.7. The van der Waals surface area contributed by atoms with E-state index >= 15 is 0 Å². The fourth-order valence-corrected chi connectivity index (χ4v) is 3.48. The number of ether oxygens (including phenoxy) is 1. The highest BCUT2D eigenvalue weighted by molar-refractivity contribution is 6.00. The third-order valence-corrected chi connectivity index (χ3v) is 4.91. The van der Waals surface area contributed by atoms with Crippen LogP contribution in [0.2, 0.25) is 0 Å². The summed E-state index contributed by atoms with van der Waals surface area (Å²) in [6.07, 6.45) is -0.465. The van der Waals surface area contributed by atoms with Crippen LogP contribution in [-0.2, 0) is 25.7 Å². The van der Waals surface area contributed by atoms with E-state index in [-0.39, 0.29) is 37.4 Å². The molecule has 1 fully saturated rings. The number of carboxylic acid groups (broad SMARTS) is 1. The van der Waals surface area contributed by atoms with Crippen molar-refractivity contribution in [1.82, 2.24) is 14.7 Å². The molecule has 1 aromatic carbocycles. The lowest BCUT2D eigenvalue weighted by Gasteiger charge is -2.35. The quantitative estimate of drug-likeness (QED) is 0.722. The van der Waals surface area contributed by atoms with Crippen LogP contribution in [0, 0.1) is 0 Å². The van der Waals surface area contributed by atoms with Crippen LogP contribution in [0.4, 0.5) is 0 Å². The van der Waals surface area contributed by atoms with E-state index in [1.54, 1.807) is 17.0 Å². The second-order valence-electron chi connectivity index (χ2n) is 6.94. The van der Waals surface area contributed by atoms with Gasteiger partial charge in [0.1, 0.15) is 13.1 Å². The first-order valence-electron chi connectivity index (χ1n) is 9.09. The molecule has 1 saturated heterocycles. The fraction of sp³-hybridized carbons (Fsp3) is 0.474. The highest BCUT2D eigenvalue weighted by Crippen LogP contribution is 2.22. The molecule has 0 saturated carbocycles. The van der Waals surface area contributed by atoms with E-state index in [0.717, 1.165) is 5.56 Å². The molecule has 1 aromatic rings. The molecule has 2 aliphatic heterocycles. The van der Waals surface area contributed by atoms with Crippen molar-refractivity contribution < 1.29 is 29.0 Å². The Labute approximate surface area is 162 Å². The van der Waals surface area contributed by atoms with Gasteiger partial charge in [0.25, 0.3) is 5.91 Å². The molecule has 3 rings (SSSR count). The molecule has 2 heterocycles. The van der Waals surface area contributed by atoms with Gasteiger partial charge in [0.15, 0.2) is 0 Å². The molecule has 0 aliphatic carbocycles. The van der Waals surface area contributed by atoms with Gasteiger partial charge in [-0.05, 0) is 11.6 Å². The number of aliphatic carboxylic acids is 1. The summed E-state index contributed by atoms with van der Waals surface area (Å²) in [7, 11) is 0. The number of benzene rings is 1. The van der Waals surface area contributed by atoms with Crippen LogP contribution in [0.15, 0.2) is 24.3 Å². The Hall–Kier alpha value is -2.94. The van der Waals surface area contributed by atoms with Gasteiger partial charge in [0.05, 0.1) is 12.7 Å². The highest BCUT2D eigenvalue weighted by Gasteiger charge is 2.32. The van der Waals surface area contributed by atoms with Gasteiger partial charge >= 0.3 is 5.97 Å². The first kappa shape index (κ1) is 19.8. The molecule has 0 aromatic heterocycles. The second kappa shape index (κ2) is 8.39. The van der Waals surface area contributed by atoms with E-state index in [1.165, 1.54) is 16.7 Å². The molecule has 9 nitrogen and oxygen atoms in total. The molecule has 2 aliphatic rings. The van der Waals surface area contributed by atoms with E-state index < -0.39 is 18.6 Å². The van der Waals surface area contributed by atoms with Crippen LogP contribution in [-0.4, -0.2) is 88.9 Å². The number of nitrogens with zero attached hydrogens (tertiary/aromatic N) is 3. The molecule has 1 N–H and O–H groups in total. The summed E-state index contributed by atoms with van der Waals surface area (Å²) in [5, 5.41) is 8.92. The summed E-state index contributed by atoms with van der Waals surface area (Å²) in [6, 6.07) is 7.29. The molecule has 0 bridgehead atoms. The molecular formula is C19H23N3O6. The van der Waals surface area contributed by atoms with Crippen LogP contribution in [0.1, 0.15) is 22.8 Å². The number of carbonyl (C=O) groups excluding carboxylic acids is 3. The molecule has 1 unspecified atom stereocenters. The minimum Gasteiger partial charge on any atom is -0.480 e. The number of hydrogen-bond acceptors (Lipinski definition) is 5. The first-order chi connectivity index (χ1) is 13.3. The summed E-state index contributed by atoms with van der Waals surface area (Å²) in [6.45, 7) is 2.30. The maximum Gasteiger partial charge on any atom is 0.323 e. The summed E-state index contributed by atoms with van der Waals surface area (Å²) in [4.78, 5) is 52.0. The zero-order valence-electron chi connectivity index (χ0n) is 15.7. The fourth-order valence-electron chi connectivity index (χ4n) is 3.48. The Morgan fingerprint density at radius 3 is 2.71 bits per heavy atom. The minimum absolute atomic E-state index is 0.0220. The Kier molecular flexibility index (Phi) is 5.93. The zero-order chi connectivity index (χ0) is 20.3. The van der Waals surface area contributed by atoms with E-state index in [1.807, 2.05) is 12.1 Å². The molecule has 1 atom stereocenters. The second-order valence-corrected chi connectivity index (χ2v) is 6.94. The van der Waals surface area contributed by atoms with Crippen LogP contribution in [0.3, 0.4) is 0 Å². The summed E-state index contributed by atoms with van der Waals surface area (Å²) >= 11 is 0. The van der Waals surface area contributed by atoms with Gasteiger partial charge in [-0.25, -0.2) is 0 Å². The molecule has 9 heteroatoms. The van der Waals surface area contributed by atoms with Crippen molar-refractivity contribution in [3.63, 3.8) is 0 Å². The van der Waals surface area contributed by atoms with Crippen molar-refractivity contribution >= 4 is 23.7 Å². The molecule has 0 radical (unpaired) electrons. The number of hydrogen-bond donors (Lipinski definition) is 1. The average molecular weight is 389 g/mol. The number of carboxylic acids is 1. The Morgan fingerprint density at radius 2 is 2.04 bits per heavy atom. The third-order valence-electron chi connectivity index (χ3n) is 4.91. The summed E-state index contributed by atoms with van der Waals surface area (Å²) < 4.78 is 5.60. The van der Waals surface area contributed by atoms with Crippen molar-refractivity contribution in [3.05, 3.63) is 35.4 Å². The van der Waals surface area contributed by atoms with Gasteiger partial charge in [0.2, 0.25) is 11.8 Å². The molecule has 0 spiro atoms. The summed E-state index contributed by atoms with van der Waals surface area (Å²) in [5.41, 5.74) is 1.53. The summed E-state index contributed by atoms with van der Waals surface area (Å²) in [5.74, 6) is -1.82. The van der Waals surface area contributed by atoms with Gasteiger partial charge in [-0.3, -0.25) is 19.2 Å². The third kappa shape index (κ3) is 4.48. The van der Waals surface area contributed by atoms with Crippen LogP contribution in [0.25, 0.3) is 0 Å². The van der Waals surface area contributed by atoms with E-state index in [0.29, 0.717) is 25.3 Å². The van der Waals surface area contributed by atoms with Crippen LogP contribution < -0.4 is 0 Å². The lowest BCUT2D eigenvalue weighted by molar-refractivity contribution is -0.148. The Bertz CT molecular complexity index is 796. The molecule has 28 heavy (non-hydrogen) atoms. The van der Waals surface area contributed by atoms with Gasteiger partial charge in [-0.15, -0.1) is 0 Å². The van der Waals surface area contributed by atoms with E-state index in [4.69, 9.17) is 9.84 Å². The number of morpholine rings is 1. The molecule has 150 valence electrons. The van der Waals surface area contributed by atoms with Crippen molar-refractivity contribution in [2.75, 3.05) is 39.3 Å². The lowest BCUT2D eigenvalue weighted by atomic mass is 10.1. The van der Waals surface area contributed by atoms with Crippen LogP contribution in [0.5, 0.6) is 0 Å². The standard InChI is InChI=1S/C19H23N3O6/c1-13(23)21(12-18(25)26)10-15-9-20(6-7-28-15)17(24)11-22-8-14-4-2-3-5-16(14)19(22)27/h2-5,15H,6-12H2,1H3,(H,25,26). The lowest BCUT2D eigenvalue weighted by Crippen LogP contribution is -2.52. The van der Waals surface area contributed by atoms with Crippen molar-refractivity contribution in [2.24, 2.45) is 0 Å². The number of amides is 3. The highest BCUT2D eigenvalue weighted by atomic mass is 16.5. The minimum atomic E-state index is -1.11. The average Bonchev–Trinajstić information content (AvgIpc) is 2.97. The topological polar surface area (TPSA) is 107 Å².